The monoisotopic (exact) mass is 459 g/mol. The first-order valence-electron chi connectivity index (χ1n) is 12.4. The minimum absolute atomic E-state index is 0. The van der Waals surface area contributed by atoms with E-state index in [1.165, 1.54) is 44.1 Å². The molecule has 0 aromatic heterocycles. The summed E-state index contributed by atoms with van der Waals surface area (Å²) in [5.41, 5.74) is 1.36. The van der Waals surface area contributed by atoms with E-state index in [4.69, 9.17) is 4.74 Å². The van der Waals surface area contributed by atoms with Crippen LogP contribution in [0.2, 0.25) is 0 Å². The maximum Gasteiger partial charge on any atom is 0.119 e. The summed E-state index contributed by atoms with van der Waals surface area (Å²) in [4.78, 5) is 2.54. The standard InChI is InChI=1S/C28H41NO2.ClH/c1-3-5-6-7-11-20-28(30,25-16-18-26(19-17-25)31-4-2)27(23-29-21-12-13-22-29)24-14-9-8-10-15-24;/h8-10,14-19,27,30H,3-7,11-13,20-23H2,1-2H3;1H. The molecule has 1 saturated heterocycles. The number of benzene rings is 2. The van der Waals surface area contributed by atoms with E-state index >= 15 is 0 Å². The van der Waals surface area contributed by atoms with Crippen LogP contribution in [0.1, 0.15) is 82.3 Å². The molecule has 1 aliphatic heterocycles. The van der Waals surface area contributed by atoms with Gasteiger partial charge in [0, 0.05) is 12.5 Å². The molecule has 178 valence electrons. The molecule has 0 bridgehead atoms. The molecule has 0 saturated carbocycles. The number of hydrogen-bond donors (Lipinski definition) is 1. The summed E-state index contributed by atoms with van der Waals surface area (Å²) in [7, 11) is 0. The minimum Gasteiger partial charge on any atom is -0.494 e. The van der Waals surface area contributed by atoms with E-state index in [1.807, 2.05) is 19.1 Å². The Morgan fingerprint density at radius 2 is 1.56 bits per heavy atom. The van der Waals surface area contributed by atoms with Crippen LogP contribution in [-0.4, -0.2) is 36.2 Å². The fourth-order valence-corrected chi connectivity index (χ4v) is 4.97. The summed E-state index contributed by atoms with van der Waals surface area (Å²) in [6.07, 6.45) is 9.31. The maximum absolute atomic E-state index is 12.4. The number of nitrogens with zero attached hydrogens (tertiary/aromatic N) is 1. The van der Waals surface area contributed by atoms with Crippen LogP contribution in [-0.2, 0) is 5.60 Å². The molecule has 0 amide bonds. The van der Waals surface area contributed by atoms with Crippen molar-refractivity contribution in [1.29, 1.82) is 0 Å². The molecule has 2 aromatic carbocycles. The predicted octanol–water partition coefficient (Wildman–Crippen LogP) is 6.93. The third kappa shape index (κ3) is 7.23. The summed E-state index contributed by atoms with van der Waals surface area (Å²) in [5, 5.41) is 12.4. The number of hydrogen-bond acceptors (Lipinski definition) is 3. The Morgan fingerprint density at radius 1 is 0.906 bits per heavy atom. The third-order valence-electron chi connectivity index (χ3n) is 6.74. The molecule has 1 N–H and O–H groups in total. The lowest BCUT2D eigenvalue weighted by Gasteiger charge is -2.39. The largest absolute Gasteiger partial charge is 0.494 e. The number of rotatable bonds is 13. The predicted molar refractivity (Wildman–Crippen MR) is 137 cm³/mol. The van der Waals surface area contributed by atoms with E-state index in [9.17, 15) is 5.11 Å². The summed E-state index contributed by atoms with van der Waals surface area (Å²) >= 11 is 0. The molecule has 3 rings (SSSR count). The summed E-state index contributed by atoms with van der Waals surface area (Å²) < 4.78 is 5.66. The zero-order valence-electron chi connectivity index (χ0n) is 20.0. The second kappa shape index (κ2) is 13.9. The number of likely N-dealkylation sites (tertiary alicyclic amines) is 1. The maximum atomic E-state index is 12.4. The smallest absolute Gasteiger partial charge is 0.119 e. The van der Waals surface area contributed by atoms with Gasteiger partial charge >= 0.3 is 0 Å². The molecule has 1 aliphatic rings. The van der Waals surface area contributed by atoms with E-state index in [2.05, 4.69) is 54.3 Å². The van der Waals surface area contributed by atoms with Crippen LogP contribution in [0.4, 0.5) is 0 Å². The van der Waals surface area contributed by atoms with Crippen molar-refractivity contribution < 1.29 is 9.84 Å². The topological polar surface area (TPSA) is 32.7 Å². The van der Waals surface area contributed by atoms with Gasteiger partial charge in [-0.3, -0.25) is 0 Å². The average Bonchev–Trinajstić information content (AvgIpc) is 3.32. The quantitative estimate of drug-likeness (QED) is 0.329. The van der Waals surface area contributed by atoms with E-state index in [0.717, 1.165) is 43.8 Å². The second-order valence-electron chi connectivity index (χ2n) is 9.02. The van der Waals surface area contributed by atoms with Crippen LogP contribution >= 0.6 is 12.4 Å². The molecule has 1 fully saturated rings. The van der Waals surface area contributed by atoms with Gasteiger partial charge in [0.1, 0.15) is 5.75 Å². The van der Waals surface area contributed by atoms with Crippen LogP contribution in [0.5, 0.6) is 5.75 Å². The van der Waals surface area contributed by atoms with Crippen molar-refractivity contribution in [3.63, 3.8) is 0 Å². The van der Waals surface area contributed by atoms with Gasteiger partial charge in [-0.25, -0.2) is 0 Å². The number of halogens is 1. The fraction of sp³-hybridized carbons (Fsp3) is 0.571. The lowest BCUT2D eigenvalue weighted by atomic mass is 9.74. The molecule has 3 nitrogen and oxygen atoms in total. The highest BCUT2D eigenvalue weighted by Crippen LogP contribution is 2.42. The molecule has 32 heavy (non-hydrogen) atoms. The normalized spacial score (nSPS) is 16.8. The third-order valence-corrected chi connectivity index (χ3v) is 6.74. The van der Waals surface area contributed by atoms with E-state index < -0.39 is 5.60 Å². The van der Waals surface area contributed by atoms with E-state index in [1.54, 1.807) is 0 Å². The lowest BCUT2D eigenvalue weighted by Crippen LogP contribution is -2.40. The van der Waals surface area contributed by atoms with Gasteiger partial charge in [0.05, 0.1) is 12.2 Å². The van der Waals surface area contributed by atoms with Crippen molar-refractivity contribution in [1.82, 2.24) is 4.90 Å². The summed E-state index contributed by atoms with van der Waals surface area (Å²) in [5.74, 6) is 0.920. The van der Waals surface area contributed by atoms with Gasteiger partial charge < -0.3 is 14.7 Å². The summed E-state index contributed by atoms with van der Waals surface area (Å²) in [6, 6.07) is 18.8. The molecule has 0 radical (unpaired) electrons. The van der Waals surface area contributed by atoms with Crippen molar-refractivity contribution in [2.24, 2.45) is 0 Å². The molecule has 0 spiro atoms. The number of unbranched alkanes of at least 4 members (excludes halogenated alkanes) is 4. The van der Waals surface area contributed by atoms with Crippen LogP contribution in [0.3, 0.4) is 0 Å². The highest BCUT2D eigenvalue weighted by atomic mass is 35.5. The van der Waals surface area contributed by atoms with Gasteiger partial charge in [-0.15, -0.1) is 12.4 Å². The highest BCUT2D eigenvalue weighted by molar-refractivity contribution is 5.85. The summed E-state index contributed by atoms with van der Waals surface area (Å²) in [6.45, 7) is 8.09. The van der Waals surface area contributed by atoms with Crippen LogP contribution in [0.15, 0.2) is 54.6 Å². The fourth-order valence-electron chi connectivity index (χ4n) is 4.97. The van der Waals surface area contributed by atoms with Crippen molar-refractivity contribution in [3.05, 3.63) is 65.7 Å². The van der Waals surface area contributed by atoms with Gasteiger partial charge in [-0.05, 0) is 62.5 Å². The van der Waals surface area contributed by atoms with Gasteiger partial charge in [0.25, 0.3) is 0 Å². The van der Waals surface area contributed by atoms with Crippen molar-refractivity contribution in [3.8, 4) is 5.75 Å². The Bertz CT molecular complexity index is 746. The van der Waals surface area contributed by atoms with E-state index in [0.29, 0.717) is 6.61 Å². The second-order valence-corrected chi connectivity index (χ2v) is 9.02. The highest BCUT2D eigenvalue weighted by Gasteiger charge is 2.40. The molecule has 0 aliphatic carbocycles. The molecule has 1 heterocycles. The van der Waals surface area contributed by atoms with Gasteiger partial charge in [-0.2, -0.15) is 0 Å². The first kappa shape index (κ1) is 26.7. The molecule has 2 atom stereocenters. The first-order chi connectivity index (χ1) is 15.2. The molecular formula is C28H42ClNO2. The zero-order chi connectivity index (χ0) is 21.9. The Labute approximate surface area is 201 Å². The Hall–Kier alpha value is -1.55. The van der Waals surface area contributed by atoms with Gasteiger partial charge in [0.15, 0.2) is 0 Å². The zero-order valence-corrected chi connectivity index (χ0v) is 20.8. The van der Waals surface area contributed by atoms with Gasteiger partial charge in [0.2, 0.25) is 0 Å². The number of aliphatic hydroxyl groups is 1. The van der Waals surface area contributed by atoms with Crippen molar-refractivity contribution >= 4 is 12.4 Å². The van der Waals surface area contributed by atoms with Crippen molar-refractivity contribution in [2.45, 2.75) is 76.7 Å². The van der Waals surface area contributed by atoms with Crippen LogP contribution in [0, 0.1) is 0 Å². The van der Waals surface area contributed by atoms with Crippen LogP contribution in [0.25, 0.3) is 0 Å². The molecule has 4 heteroatoms. The SMILES string of the molecule is CCCCCCCC(O)(c1ccc(OCC)cc1)C(CN1CCCC1)c1ccccc1.Cl. The Kier molecular flexibility index (Phi) is 11.6. The lowest BCUT2D eigenvalue weighted by molar-refractivity contribution is -0.0133. The first-order valence-corrected chi connectivity index (χ1v) is 12.4. The number of ether oxygens (including phenoxy) is 1. The Morgan fingerprint density at radius 3 is 2.19 bits per heavy atom. The van der Waals surface area contributed by atoms with E-state index in [-0.39, 0.29) is 18.3 Å². The van der Waals surface area contributed by atoms with Crippen LogP contribution < -0.4 is 4.74 Å². The Balaban J connectivity index is 0.00000363. The molecule has 2 aromatic rings. The molecule has 2 unspecified atom stereocenters. The van der Waals surface area contributed by atoms with Gasteiger partial charge in [-0.1, -0.05) is 81.5 Å². The minimum atomic E-state index is -0.888. The average molecular weight is 460 g/mol. The molecular weight excluding hydrogens is 418 g/mol. The van der Waals surface area contributed by atoms with Crippen molar-refractivity contribution in [2.75, 3.05) is 26.2 Å².